The summed E-state index contributed by atoms with van der Waals surface area (Å²) in [6.07, 6.45) is 0. The molecule has 0 aliphatic rings. The van der Waals surface area contributed by atoms with Crippen molar-refractivity contribution in [2.75, 3.05) is 0 Å². The van der Waals surface area contributed by atoms with Gasteiger partial charge in [-0.1, -0.05) is 315 Å². The van der Waals surface area contributed by atoms with Crippen LogP contribution in [0.3, 0.4) is 0 Å². The summed E-state index contributed by atoms with van der Waals surface area (Å²) in [6.45, 7) is 0. The standard InChI is InChI=1S/C96H62N8/c1-9-25-63(26-10-1)75-49-53-86-82(57-75)83-58-76(64-27-11-2-12-28-64)50-54-87(83)103(86)79-61-80(67-41-45-73(46-42-67)95-99-91(69-33-17-5-18-34-69)97-92(100-95)70-35-19-6-20-36-70)90(104-88-55-51-77(65-29-13-3-14-30-65)59-84(88)85-60-78(52-56-89(85)104)66-31-15-4-16-32-66)81(62-79)68-43-47-74(48-44-68)96-101-93(71-37-21-7-22-38-71)98-94(102-96)72-39-23-8-24-40-72/h1-62H. The molecule has 0 bridgehead atoms. The van der Waals surface area contributed by atoms with Crippen molar-refractivity contribution in [1.29, 1.82) is 0 Å². The highest BCUT2D eigenvalue weighted by Crippen LogP contribution is 2.47. The predicted molar refractivity (Wildman–Crippen MR) is 427 cm³/mol. The van der Waals surface area contributed by atoms with Crippen molar-refractivity contribution in [2.24, 2.45) is 0 Å². The van der Waals surface area contributed by atoms with Crippen LogP contribution in [0.25, 0.3) is 190 Å². The zero-order valence-electron chi connectivity index (χ0n) is 56.4. The fourth-order valence-corrected chi connectivity index (χ4v) is 14.7. The van der Waals surface area contributed by atoms with Gasteiger partial charge < -0.3 is 9.13 Å². The zero-order chi connectivity index (χ0) is 68.9. The van der Waals surface area contributed by atoms with E-state index < -0.39 is 0 Å². The summed E-state index contributed by atoms with van der Waals surface area (Å²) in [6, 6.07) is 134. The number of hydrogen-bond donors (Lipinski definition) is 0. The molecule has 8 heteroatoms. The molecular weight excluding hydrogens is 1270 g/mol. The van der Waals surface area contributed by atoms with Gasteiger partial charge in [0.05, 0.1) is 27.8 Å². The largest absolute Gasteiger partial charge is 0.309 e. The summed E-state index contributed by atoms with van der Waals surface area (Å²) >= 11 is 0. The molecule has 0 spiro atoms. The van der Waals surface area contributed by atoms with Gasteiger partial charge in [0.25, 0.3) is 0 Å². The summed E-state index contributed by atoms with van der Waals surface area (Å²) in [5.74, 6) is 3.55. The summed E-state index contributed by atoms with van der Waals surface area (Å²) in [5, 5.41) is 4.56. The van der Waals surface area contributed by atoms with Crippen LogP contribution in [0, 0.1) is 0 Å². The van der Waals surface area contributed by atoms with Crippen molar-refractivity contribution < 1.29 is 0 Å². The minimum absolute atomic E-state index is 0.574. The monoisotopic (exact) mass is 1330 g/mol. The topological polar surface area (TPSA) is 87.2 Å². The van der Waals surface area contributed by atoms with Crippen LogP contribution in [0.5, 0.6) is 0 Å². The molecule has 0 saturated carbocycles. The van der Waals surface area contributed by atoms with Crippen LogP contribution in [0.4, 0.5) is 0 Å². The molecule has 0 atom stereocenters. The van der Waals surface area contributed by atoms with Gasteiger partial charge in [-0.05, 0) is 116 Å². The van der Waals surface area contributed by atoms with E-state index in [0.29, 0.717) is 34.9 Å². The first kappa shape index (κ1) is 61.0. The smallest absolute Gasteiger partial charge is 0.164 e. The van der Waals surface area contributed by atoms with Crippen LogP contribution in [0.2, 0.25) is 0 Å². The van der Waals surface area contributed by atoms with Gasteiger partial charge >= 0.3 is 0 Å². The molecule has 0 aliphatic carbocycles. The van der Waals surface area contributed by atoms with Crippen LogP contribution in [0.15, 0.2) is 376 Å². The van der Waals surface area contributed by atoms with E-state index in [1.54, 1.807) is 0 Å². The number of benzene rings is 15. The second kappa shape index (κ2) is 26.2. The highest BCUT2D eigenvalue weighted by molar-refractivity contribution is 6.14. The van der Waals surface area contributed by atoms with Crippen molar-refractivity contribution in [2.45, 2.75) is 0 Å². The first-order valence-electron chi connectivity index (χ1n) is 35.1. The number of nitrogens with zero attached hydrogens (tertiary/aromatic N) is 8. The quantitative estimate of drug-likeness (QED) is 0.108. The second-order valence-electron chi connectivity index (χ2n) is 26.2. The number of rotatable bonds is 14. The Morgan fingerprint density at radius 2 is 0.346 bits per heavy atom. The van der Waals surface area contributed by atoms with Crippen LogP contribution in [-0.4, -0.2) is 39.0 Å². The zero-order valence-corrected chi connectivity index (χ0v) is 56.4. The van der Waals surface area contributed by atoms with Gasteiger partial charge in [-0.2, -0.15) is 0 Å². The van der Waals surface area contributed by atoms with Gasteiger partial charge in [-0.15, -0.1) is 0 Å². The van der Waals surface area contributed by atoms with E-state index >= 15 is 0 Å². The molecule has 4 heterocycles. The Hall–Kier alpha value is -14.1. The van der Waals surface area contributed by atoms with Crippen molar-refractivity contribution in [1.82, 2.24) is 39.0 Å². The minimum atomic E-state index is 0.574. The Kier molecular flexibility index (Phi) is 15.4. The lowest BCUT2D eigenvalue weighted by atomic mass is 9.93. The third-order valence-corrected chi connectivity index (χ3v) is 19.8. The second-order valence-corrected chi connectivity index (χ2v) is 26.2. The molecule has 0 aliphatic heterocycles. The van der Waals surface area contributed by atoms with Gasteiger partial charge in [0.2, 0.25) is 0 Å². The lowest BCUT2D eigenvalue weighted by Crippen LogP contribution is -2.04. The van der Waals surface area contributed by atoms with Gasteiger partial charge in [0.1, 0.15) is 0 Å². The maximum atomic E-state index is 5.22. The third-order valence-electron chi connectivity index (χ3n) is 19.8. The Morgan fingerprint density at radius 3 is 0.587 bits per heavy atom. The molecule has 4 aromatic heterocycles. The molecule has 0 amide bonds. The molecular formula is C96H62N8. The first-order chi connectivity index (χ1) is 51.5. The van der Waals surface area contributed by atoms with Crippen molar-refractivity contribution >= 4 is 43.6 Å². The van der Waals surface area contributed by atoms with E-state index in [2.05, 4.69) is 264 Å². The molecule has 0 fully saturated rings. The average molecular weight is 1330 g/mol. The predicted octanol–water partition coefficient (Wildman–Crippen LogP) is 24.3. The minimum Gasteiger partial charge on any atom is -0.309 e. The Bertz CT molecular complexity index is 5890. The molecule has 0 unspecified atom stereocenters. The summed E-state index contributed by atoms with van der Waals surface area (Å²) < 4.78 is 4.99. The van der Waals surface area contributed by atoms with Crippen LogP contribution in [-0.2, 0) is 0 Å². The van der Waals surface area contributed by atoms with Gasteiger partial charge in [-0.3, -0.25) is 0 Å². The summed E-state index contributed by atoms with van der Waals surface area (Å²) in [4.78, 5) is 31.0. The maximum Gasteiger partial charge on any atom is 0.164 e. The summed E-state index contributed by atoms with van der Waals surface area (Å²) in [7, 11) is 0. The summed E-state index contributed by atoms with van der Waals surface area (Å²) in [5.41, 5.74) is 24.8. The van der Waals surface area contributed by atoms with Crippen LogP contribution < -0.4 is 0 Å². The SMILES string of the molecule is c1ccc(-c2ccc3c(c2)c2cc(-c4ccccc4)ccc2n3-c2cc(-c3ccc(-c4nc(-c5ccccc5)nc(-c5ccccc5)n4)cc3)c(-n3c4ccc(-c5ccccc5)cc4c4cc(-c5ccccc5)ccc43)c(-c3ccc(-c4nc(-c5ccccc5)nc(-c5ccccc5)n4)cc3)c2)cc1. The maximum absolute atomic E-state index is 5.22. The molecule has 104 heavy (non-hydrogen) atoms. The van der Waals surface area contributed by atoms with E-state index in [1.807, 2.05) is 121 Å². The highest BCUT2D eigenvalue weighted by Gasteiger charge is 2.26. The molecule has 0 radical (unpaired) electrons. The number of fused-ring (bicyclic) bond motifs is 6. The molecule has 19 aromatic rings. The molecule has 486 valence electrons. The van der Waals surface area contributed by atoms with Crippen molar-refractivity contribution in [3.63, 3.8) is 0 Å². The molecule has 15 aromatic carbocycles. The van der Waals surface area contributed by atoms with E-state index in [9.17, 15) is 0 Å². The Labute approximate surface area is 601 Å². The highest BCUT2D eigenvalue weighted by atomic mass is 15.0. The van der Waals surface area contributed by atoms with Crippen LogP contribution >= 0.6 is 0 Å². The van der Waals surface area contributed by atoms with E-state index in [4.69, 9.17) is 29.9 Å². The lowest BCUT2D eigenvalue weighted by molar-refractivity contribution is 1.07. The van der Waals surface area contributed by atoms with Gasteiger partial charge in [-0.25, -0.2) is 29.9 Å². The number of aromatic nitrogens is 8. The molecule has 19 rings (SSSR count). The fraction of sp³-hybridized carbons (Fsp3) is 0. The Morgan fingerprint density at radius 1 is 0.154 bits per heavy atom. The molecule has 0 saturated heterocycles. The van der Waals surface area contributed by atoms with Gasteiger partial charge in [0, 0.05) is 71.7 Å². The van der Waals surface area contributed by atoms with Gasteiger partial charge in [0.15, 0.2) is 34.9 Å². The fourth-order valence-electron chi connectivity index (χ4n) is 14.7. The van der Waals surface area contributed by atoms with Crippen molar-refractivity contribution in [3.05, 3.63) is 376 Å². The third kappa shape index (κ3) is 11.3. The first-order valence-corrected chi connectivity index (χ1v) is 35.1. The van der Waals surface area contributed by atoms with E-state index in [1.165, 1.54) is 0 Å². The van der Waals surface area contributed by atoms with Crippen LogP contribution in [0.1, 0.15) is 0 Å². The number of hydrogen-bond acceptors (Lipinski definition) is 6. The molecule has 0 N–H and O–H groups in total. The lowest BCUT2D eigenvalue weighted by Gasteiger charge is -2.22. The normalized spacial score (nSPS) is 11.5. The van der Waals surface area contributed by atoms with E-state index in [0.717, 1.165) is 155 Å². The van der Waals surface area contributed by atoms with Crippen molar-refractivity contribution in [3.8, 4) is 146 Å². The average Bonchev–Trinajstić information content (AvgIpc) is 1.53. The van der Waals surface area contributed by atoms with E-state index in [-0.39, 0.29) is 0 Å². The molecule has 8 nitrogen and oxygen atoms in total. The Balaban J connectivity index is 0.901.